The number of rotatable bonds is 0. The van der Waals surface area contributed by atoms with Crippen LogP contribution in [0.1, 0.15) is 0 Å². The van der Waals surface area contributed by atoms with E-state index in [0.717, 1.165) is 0 Å². The van der Waals surface area contributed by atoms with Crippen molar-refractivity contribution >= 4 is 0 Å². The van der Waals surface area contributed by atoms with Crippen molar-refractivity contribution in [3.63, 3.8) is 0 Å². The van der Waals surface area contributed by atoms with Crippen molar-refractivity contribution in [3.05, 3.63) is 18.5 Å². The van der Waals surface area contributed by atoms with Crippen LogP contribution in [0.15, 0.2) is 18.5 Å². The average Bonchev–Trinajstić information content (AvgIpc) is 1.91. The molecule has 0 fully saturated rings. The van der Waals surface area contributed by atoms with Crippen LogP contribution in [0.25, 0.3) is 0 Å². The van der Waals surface area contributed by atoms with E-state index in [9.17, 15) is 4.39 Å². The number of aromatic hydroxyl groups is 2. The standard InChI is InChI=1S/C5H5NO2.CH3F/c7-4-1-5(8)3-6-2-4;1-2/h1-3,7-8H;1H3. The van der Waals surface area contributed by atoms with Gasteiger partial charge < -0.3 is 10.2 Å². The normalized spacial score (nSPS) is 7.80. The molecule has 2 N–H and O–H groups in total. The minimum atomic E-state index is -0.0231. The number of nitrogens with zero attached hydrogens (tertiary/aromatic N) is 1. The number of halogens is 1. The number of pyridine rings is 1. The van der Waals surface area contributed by atoms with Crippen LogP contribution in [0, 0.1) is 0 Å². The first kappa shape index (κ1) is 8.68. The van der Waals surface area contributed by atoms with Gasteiger partial charge in [0, 0.05) is 6.07 Å². The van der Waals surface area contributed by atoms with E-state index in [0.29, 0.717) is 7.18 Å². The molecular formula is C6H8FNO2. The van der Waals surface area contributed by atoms with E-state index in [2.05, 4.69) is 4.98 Å². The highest BCUT2D eigenvalue weighted by Crippen LogP contribution is 2.12. The Hall–Kier alpha value is -1.32. The van der Waals surface area contributed by atoms with Crippen molar-refractivity contribution in [1.82, 2.24) is 4.98 Å². The fraction of sp³-hybridized carbons (Fsp3) is 0.167. The Morgan fingerprint density at radius 1 is 1.20 bits per heavy atom. The predicted octanol–water partition coefficient (Wildman–Crippen LogP) is 1.08. The smallest absolute Gasteiger partial charge is 0.137 e. The molecule has 0 amide bonds. The van der Waals surface area contributed by atoms with Gasteiger partial charge >= 0.3 is 0 Å². The minimum Gasteiger partial charge on any atom is -0.506 e. The van der Waals surface area contributed by atoms with E-state index in [-0.39, 0.29) is 11.5 Å². The van der Waals surface area contributed by atoms with Crippen molar-refractivity contribution < 1.29 is 14.6 Å². The summed E-state index contributed by atoms with van der Waals surface area (Å²) in [5.41, 5.74) is 0. The third-order valence-electron chi connectivity index (χ3n) is 0.709. The van der Waals surface area contributed by atoms with Crippen molar-refractivity contribution in [2.75, 3.05) is 7.18 Å². The maximum atomic E-state index is 9.50. The van der Waals surface area contributed by atoms with E-state index < -0.39 is 0 Å². The van der Waals surface area contributed by atoms with Crippen molar-refractivity contribution in [2.45, 2.75) is 0 Å². The summed E-state index contributed by atoms with van der Waals surface area (Å²) in [6, 6.07) is 1.22. The summed E-state index contributed by atoms with van der Waals surface area (Å²) in [5, 5.41) is 17.2. The van der Waals surface area contributed by atoms with E-state index in [4.69, 9.17) is 10.2 Å². The Kier molecular flexibility index (Phi) is 3.95. The van der Waals surface area contributed by atoms with Crippen LogP contribution >= 0.6 is 0 Å². The Balaban J connectivity index is 0.000000371. The second-order valence-corrected chi connectivity index (χ2v) is 1.40. The molecule has 0 aliphatic carbocycles. The summed E-state index contributed by atoms with van der Waals surface area (Å²) in [6.45, 7) is 0. The Morgan fingerprint density at radius 2 is 1.60 bits per heavy atom. The maximum Gasteiger partial charge on any atom is 0.137 e. The highest BCUT2D eigenvalue weighted by atomic mass is 19.1. The van der Waals surface area contributed by atoms with Gasteiger partial charge in [0.1, 0.15) is 11.5 Å². The zero-order chi connectivity index (χ0) is 7.98. The average molecular weight is 145 g/mol. The molecule has 0 aromatic carbocycles. The fourth-order valence-corrected chi connectivity index (χ4v) is 0.416. The Morgan fingerprint density at radius 3 is 1.80 bits per heavy atom. The van der Waals surface area contributed by atoms with Gasteiger partial charge in [0.15, 0.2) is 0 Å². The second-order valence-electron chi connectivity index (χ2n) is 1.40. The van der Waals surface area contributed by atoms with Crippen LogP contribution in [-0.2, 0) is 0 Å². The molecule has 1 heterocycles. The van der Waals surface area contributed by atoms with Crippen LogP contribution in [-0.4, -0.2) is 22.4 Å². The van der Waals surface area contributed by atoms with Gasteiger partial charge in [-0.25, -0.2) is 0 Å². The topological polar surface area (TPSA) is 53.4 Å². The van der Waals surface area contributed by atoms with Gasteiger partial charge in [0.05, 0.1) is 19.6 Å². The number of hydrogen-bond donors (Lipinski definition) is 2. The SMILES string of the molecule is CF.Oc1cncc(O)c1. The lowest BCUT2D eigenvalue weighted by Gasteiger charge is -1.88. The van der Waals surface area contributed by atoms with Crippen molar-refractivity contribution in [1.29, 1.82) is 0 Å². The molecule has 4 heteroatoms. The molecule has 0 unspecified atom stereocenters. The van der Waals surface area contributed by atoms with Gasteiger partial charge in [-0.2, -0.15) is 0 Å². The monoisotopic (exact) mass is 145 g/mol. The quantitative estimate of drug-likeness (QED) is 0.574. The first-order valence-corrected chi connectivity index (χ1v) is 2.50. The Bertz CT molecular complexity index is 176. The second kappa shape index (κ2) is 4.55. The summed E-state index contributed by atoms with van der Waals surface area (Å²) < 4.78 is 9.50. The summed E-state index contributed by atoms with van der Waals surface area (Å²) in [4.78, 5) is 3.48. The third kappa shape index (κ3) is 2.86. The maximum absolute atomic E-state index is 9.50. The van der Waals surface area contributed by atoms with Crippen LogP contribution in [0.4, 0.5) is 4.39 Å². The van der Waals surface area contributed by atoms with Gasteiger partial charge in [0.2, 0.25) is 0 Å². The molecule has 0 spiro atoms. The molecule has 0 aliphatic heterocycles. The molecule has 0 aliphatic rings. The van der Waals surface area contributed by atoms with Gasteiger partial charge in [-0.15, -0.1) is 0 Å². The number of alkyl halides is 1. The third-order valence-corrected chi connectivity index (χ3v) is 0.709. The summed E-state index contributed by atoms with van der Waals surface area (Å²) in [6.07, 6.45) is 2.50. The molecule has 56 valence electrons. The Labute approximate surface area is 57.8 Å². The van der Waals surface area contributed by atoms with Crippen molar-refractivity contribution in [3.8, 4) is 11.5 Å². The highest BCUT2D eigenvalue weighted by Gasteiger charge is 1.86. The molecule has 0 atom stereocenters. The van der Waals surface area contributed by atoms with E-state index in [1.807, 2.05) is 0 Å². The molecule has 0 bridgehead atoms. The molecule has 1 aromatic rings. The molecule has 1 aromatic heterocycles. The highest BCUT2D eigenvalue weighted by molar-refractivity contribution is 5.25. The molecule has 0 saturated carbocycles. The predicted molar refractivity (Wildman–Crippen MR) is 34.6 cm³/mol. The molecule has 0 saturated heterocycles. The van der Waals surface area contributed by atoms with E-state index in [1.54, 1.807) is 0 Å². The van der Waals surface area contributed by atoms with Gasteiger partial charge in [-0.05, 0) is 0 Å². The van der Waals surface area contributed by atoms with Crippen molar-refractivity contribution in [2.24, 2.45) is 0 Å². The number of hydrogen-bond acceptors (Lipinski definition) is 3. The molecular weight excluding hydrogens is 137 g/mol. The molecule has 1 rings (SSSR count). The summed E-state index contributed by atoms with van der Waals surface area (Å²) in [5.74, 6) is -0.0463. The lowest BCUT2D eigenvalue weighted by Crippen LogP contribution is -1.68. The van der Waals surface area contributed by atoms with Gasteiger partial charge in [-0.1, -0.05) is 0 Å². The molecule has 3 nitrogen and oxygen atoms in total. The summed E-state index contributed by atoms with van der Waals surface area (Å²) in [7, 11) is 0.500. The lowest BCUT2D eigenvalue weighted by atomic mass is 10.4. The zero-order valence-electron chi connectivity index (χ0n) is 5.45. The van der Waals surface area contributed by atoms with Gasteiger partial charge in [-0.3, -0.25) is 9.37 Å². The number of aromatic nitrogens is 1. The minimum absolute atomic E-state index is 0.0231. The van der Waals surface area contributed by atoms with Crippen LogP contribution < -0.4 is 0 Å². The largest absolute Gasteiger partial charge is 0.506 e. The first-order valence-electron chi connectivity index (χ1n) is 2.50. The van der Waals surface area contributed by atoms with Crippen LogP contribution in [0.3, 0.4) is 0 Å². The van der Waals surface area contributed by atoms with E-state index in [1.165, 1.54) is 18.5 Å². The summed E-state index contributed by atoms with van der Waals surface area (Å²) >= 11 is 0. The first-order chi connectivity index (χ1) is 4.79. The van der Waals surface area contributed by atoms with Crippen LogP contribution in [0.5, 0.6) is 11.5 Å². The molecule has 10 heavy (non-hydrogen) atoms. The molecule has 0 radical (unpaired) electrons. The van der Waals surface area contributed by atoms with Gasteiger partial charge in [0.25, 0.3) is 0 Å². The van der Waals surface area contributed by atoms with Crippen LogP contribution in [0.2, 0.25) is 0 Å². The zero-order valence-corrected chi connectivity index (χ0v) is 5.45. The van der Waals surface area contributed by atoms with E-state index >= 15 is 0 Å². The lowest BCUT2D eigenvalue weighted by molar-refractivity contribution is 0.446. The fourth-order valence-electron chi connectivity index (χ4n) is 0.416.